The fourth-order valence-electron chi connectivity index (χ4n) is 4.89. The van der Waals surface area contributed by atoms with Gasteiger partial charge in [-0.25, -0.2) is 4.79 Å². The molecule has 2 fully saturated rings. The average Bonchev–Trinajstić information content (AvgIpc) is 3.11. The van der Waals surface area contributed by atoms with E-state index < -0.39 is 17.3 Å². The first-order valence-electron chi connectivity index (χ1n) is 10.2. The summed E-state index contributed by atoms with van der Waals surface area (Å²) >= 11 is 5.80. The lowest BCUT2D eigenvalue weighted by Crippen LogP contribution is -2.62. The van der Waals surface area contributed by atoms with Crippen molar-refractivity contribution >= 4 is 29.3 Å². The minimum Gasteiger partial charge on any atom is -0.462 e. The summed E-state index contributed by atoms with van der Waals surface area (Å²) in [6.07, 6.45) is -0.283. The predicted octanol–water partition coefficient (Wildman–Crippen LogP) is 2.83. The summed E-state index contributed by atoms with van der Waals surface area (Å²) in [5.41, 5.74) is -0.449. The first-order chi connectivity index (χ1) is 14.8. The monoisotopic (exact) mass is 438 g/mol. The molecule has 1 N–H and O–H groups in total. The predicted molar refractivity (Wildman–Crippen MR) is 121 cm³/mol. The van der Waals surface area contributed by atoms with Gasteiger partial charge >= 0.3 is 12.0 Å². The molecule has 0 bridgehead atoms. The highest BCUT2D eigenvalue weighted by molar-refractivity contribution is 7.80. The third-order valence-electron chi connectivity index (χ3n) is 6.01. The minimum atomic E-state index is -1.10. The largest absolute Gasteiger partial charge is 0.462 e. The number of benzene rings is 2. The number of ether oxygens (including phenoxy) is 1. The summed E-state index contributed by atoms with van der Waals surface area (Å²) in [5.74, 6) is -0.474. The number of carbonyl (C=O) groups is 2. The lowest BCUT2D eigenvalue weighted by Gasteiger charge is -2.47. The molecule has 2 aliphatic heterocycles. The number of amides is 2. The number of carbonyl (C=O) groups excluding carboxylic acids is 2. The van der Waals surface area contributed by atoms with Gasteiger partial charge in [0, 0.05) is 25.2 Å². The number of nitrogens with one attached hydrogen (secondary N) is 1. The summed E-state index contributed by atoms with van der Waals surface area (Å²) in [6.45, 7) is 3.36. The Bertz CT molecular complexity index is 1020. The van der Waals surface area contributed by atoms with E-state index in [1.807, 2.05) is 84.6 Å². The lowest BCUT2D eigenvalue weighted by atomic mass is 9.80. The molecule has 0 aromatic heterocycles. The molecule has 4 rings (SSSR count). The second kappa shape index (κ2) is 7.53. The molecular weight excluding hydrogens is 412 g/mol. The molecule has 2 aromatic rings. The fourth-order valence-corrected chi connectivity index (χ4v) is 5.16. The highest BCUT2D eigenvalue weighted by atomic mass is 32.1. The van der Waals surface area contributed by atoms with Gasteiger partial charge in [-0.2, -0.15) is 0 Å². The summed E-state index contributed by atoms with van der Waals surface area (Å²) in [4.78, 5) is 31.5. The van der Waals surface area contributed by atoms with Crippen LogP contribution in [0.2, 0.25) is 0 Å². The van der Waals surface area contributed by atoms with Crippen molar-refractivity contribution in [2.24, 2.45) is 0 Å². The van der Waals surface area contributed by atoms with Gasteiger partial charge < -0.3 is 19.9 Å². The van der Waals surface area contributed by atoms with Crippen LogP contribution in [0.1, 0.15) is 25.0 Å². The number of likely N-dealkylation sites (N-methyl/N-ethyl adjacent to an activating group) is 2. The second-order valence-corrected chi connectivity index (χ2v) is 8.44. The zero-order valence-electron chi connectivity index (χ0n) is 18.0. The molecule has 162 valence electrons. The van der Waals surface area contributed by atoms with E-state index in [0.29, 0.717) is 5.11 Å². The van der Waals surface area contributed by atoms with Gasteiger partial charge in [0.25, 0.3) is 0 Å². The van der Waals surface area contributed by atoms with Crippen molar-refractivity contribution in [3.63, 3.8) is 0 Å². The zero-order chi connectivity index (χ0) is 22.4. The van der Waals surface area contributed by atoms with Crippen molar-refractivity contribution in [1.29, 1.82) is 0 Å². The molecule has 2 heterocycles. The highest BCUT2D eigenvalue weighted by Crippen LogP contribution is 2.56. The molecule has 2 atom stereocenters. The molecule has 2 saturated heterocycles. The maximum atomic E-state index is 13.5. The number of hydrogen-bond donors (Lipinski definition) is 1. The van der Waals surface area contributed by atoms with Crippen LogP contribution in [0, 0.1) is 0 Å². The molecule has 0 aliphatic carbocycles. The van der Waals surface area contributed by atoms with Crippen molar-refractivity contribution in [2.75, 3.05) is 20.6 Å². The van der Waals surface area contributed by atoms with Crippen molar-refractivity contribution in [3.05, 3.63) is 71.8 Å². The van der Waals surface area contributed by atoms with Gasteiger partial charge in [-0.3, -0.25) is 9.69 Å². The Labute approximate surface area is 187 Å². The molecular formula is C23H26N4O3S. The highest BCUT2D eigenvalue weighted by Gasteiger charge is 2.74. The number of thiocarbonyl (C=S) groups is 1. The van der Waals surface area contributed by atoms with E-state index in [-0.39, 0.29) is 18.7 Å². The molecule has 0 spiro atoms. The van der Waals surface area contributed by atoms with Crippen molar-refractivity contribution in [1.82, 2.24) is 20.0 Å². The number of rotatable bonds is 5. The molecule has 0 saturated carbocycles. The van der Waals surface area contributed by atoms with Gasteiger partial charge in [-0.05, 0) is 26.1 Å². The van der Waals surface area contributed by atoms with Gasteiger partial charge in [-0.1, -0.05) is 60.7 Å². The SMILES string of the molecule is CC(C)OC(=O)CN1C(=O)NC2(c3ccccc3)N(C)C(=S)N(C)C12c1ccccc1. The van der Waals surface area contributed by atoms with Crippen LogP contribution in [0.3, 0.4) is 0 Å². The Morgan fingerprint density at radius 1 is 1.00 bits per heavy atom. The third kappa shape index (κ3) is 2.81. The molecule has 2 amide bonds. The van der Waals surface area contributed by atoms with Crippen LogP contribution in [0.4, 0.5) is 4.79 Å². The third-order valence-corrected chi connectivity index (χ3v) is 6.56. The maximum Gasteiger partial charge on any atom is 0.326 e. The Balaban J connectivity index is 2.00. The molecule has 2 aliphatic rings. The van der Waals surface area contributed by atoms with Crippen LogP contribution in [-0.4, -0.2) is 58.6 Å². The van der Waals surface area contributed by atoms with Crippen LogP contribution in [0.5, 0.6) is 0 Å². The fraction of sp³-hybridized carbons (Fsp3) is 0.348. The van der Waals surface area contributed by atoms with Crippen molar-refractivity contribution in [3.8, 4) is 0 Å². The van der Waals surface area contributed by atoms with E-state index >= 15 is 0 Å². The molecule has 2 unspecified atom stereocenters. The molecule has 8 heteroatoms. The van der Waals surface area contributed by atoms with Crippen molar-refractivity contribution in [2.45, 2.75) is 31.3 Å². The van der Waals surface area contributed by atoms with Crippen LogP contribution in [0.25, 0.3) is 0 Å². The zero-order valence-corrected chi connectivity index (χ0v) is 18.8. The molecule has 7 nitrogen and oxygen atoms in total. The number of urea groups is 1. The number of hydrogen-bond acceptors (Lipinski definition) is 4. The molecule has 0 radical (unpaired) electrons. The first kappa shape index (κ1) is 21.1. The van der Waals surface area contributed by atoms with E-state index in [0.717, 1.165) is 11.1 Å². The van der Waals surface area contributed by atoms with Crippen molar-refractivity contribution < 1.29 is 14.3 Å². The van der Waals surface area contributed by atoms with E-state index in [4.69, 9.17) is 17.0 Å². The van der Waals surface area contributed by atoms with E-state index in [2.05, 4.69) is 5.32 Å². The first-order valence-corrected chi connectivity index (χ1v) is 10.6. The Morgan fingerprint density at radius 3 is 2.10 bits per heavy atom. The van der Waals surface area contributed by atoms with Gasteiger partial charge in [0.2, 0.25) is 0 Å². The average molecular weight is 439 g/mol. The van der Waals surface area contributed by atoms with Gasteiger partial charge in [0.15, 0.2) is 16.4 Å². The van der Waals surface area contributed by atoms with Gasteiger partial charge in [0.1, 0.15) is 6.54 Å². The minimum absolute atomic E-state index is 0.214. The van der Waals surface area contributed by atoms with Gasteiger partial charge in [0.05, 0.1) is 6.10 Å². The van der Waals surface area contributed by atoms with Gasteiger partial charge in [-0.15, -0.1) is 0 Å². The van der Waals surface area contributed by atoms with Crippen LogP contribution < -0.4 is 5.32 Å². The van der Waals surface area contributed by atoms with E-state index in [1.54, 1.807) is 13.8 Å². The Kier molecular flexibility index (Phi) is 5.13. The standard InChI is InChI=1S/C23H26N4O3S/c1-16(2)30-19(28)15-27-20(29)24-22(17-11-7-5-8-12-17)23(27,18-13-9-6-10-14-18)26(4)21(31)25(22)3/h5-14,16H,15H2,1-4H3,(H,24,29). The number of nitrogens with zero attached hydrogens (tertiary/aromatic N) is 3. The summed E-state index contributed by atoms with van der Waals surface area (Å²) in [6, 6.07) is 19.0. The summed E-state index contributed by atoms with van der Waals surface area (Å²) in [5, 5.41) is 3.73. The van der Waals surface area contributed by atoms with E-state index in [1.165, 1.54) is 4.90 Å². The lowest BCUT2D eigenvalue weighted by molar-refractivity contribution is -0.151. The Morgan fingerprint density at radius 2 is 1.55 bits per heavy atom. The van der Waals surface area contributed by atoms with Crippen LogP contribution >= 0.6 is 12.2 Å². The Hall–Kier alpha value is -3.13. The topological polar surface area (TPSA) is 65.1 Å². The molecule has 31 heavy (non-hydrogen) atoms. The maximum absolute atomic E-state index is 13.5. The normalized spacial score (nSPS) is 25.1. The van der Waals surface area contributed by atoms with Crippen LogP contribution in [-0.2, 0) is 20.9 Å². The van der Waals surface area contributed by atoms with E-state index in [9.17, 15) is 9.59 Å². The quantitative estimate of drug-likeness (QED) is 0.572. The smallest absolute Gasteiger partial charge is 0.326 e. The second-order valence-electron chi connectivity index (χ2n) is 8.07. The summed E-state index contributed by atoms with van der Waals surface area (Å²) in [7, 11) is 3.73. The summed E-state index contributed by atoms with van der Waals surface area (Å²) < 4.78 is 5.39. The van der Waals surface area contributed by atoms with Crippen LogP contribution in [0.15, 0.2) is 60.7 Å². The number of fused-ring (bicyclic) bond motifs is 1. The molecule has 2 aromatic carbocycles. The number of esters is 1.